The Morgan fingerprint density at radius 3 is 2.39 bits per heavy atom. The summed E-state index contributed by atoms with van der Waals surface area (Å²) in [4.78, 5) is 14.3. The van der Waals surface area contributed by atoms with Gasteiger partial charge in [-0.1, -0.05) is 42.5 Å². The van der Waals surface area contributed by atoms with Crippen LogP contribution in [0.5, 0.6) is 11.5 Å². The summed E-state index contributed by atoms with van der Waals surface area (Å²) in [6.45, 7) is 5.87. The Bertz CT molecular complexity index is 1230. The van der Waals surface area contributed by atoms with Crippen molar-refractivity contribution in [2.24, 2.45) is 0 Å². The monoisotopic (exact) mass is 416 g/mol. The SMILES string of the molecule is CC(=O)NCCc1c(C)[nH]c2c(F)c(Oc3ccc(-c4ccccc4)cc3)cc(C)c12. The van der Waals surface area contributed by atoms with Gasteiger partial charge in [-0.2, -0.15) is 0 Å². The van der Waals surface area contributed by atoms with E-state index < -0.39 is 5.82 Å². The highest BCUT2D eigenvalue weighted by Crippen LogP contribution is 2.36. The minimum atomic E-state index is -0.415. The van der Waals surface area contributed by atoms with Gasteiger partial charge in [0, 0.05) is 24.5 Å². The van der Waals surface area contributed by atoms with Crippen LogP contribution < -0.4 is 10.1 Å². The predicted molar refractivity (Wildman–Crippen MR) is 122 cm³/mol. The number of benzene rings is 3. The van der Waals surface area contributed by atoms with Gasteiger partial charge in [0.1, 0.15) is 5.75 Å². The zero-order valence-corrected chi connectivity index (χ0v) is 17.9. The number of hydrogen-bond acceptors (Lipinski definition) is 2. The standard InChI is InChI=1S/C26H25FN2O2/c1-16-15-23(31-21-11-9-20(10-12-21)19-7-5-4-6-8-19)25(27)26-24(16)22(17(2)29-26)13-14-28-18(3)30/h4-12,15,29H,13-14H2,1-3H3,(H,28,30). The molecule has 4 nitrogen and oxygen atoms in total. The zero-order valence-electron chi connectivity index (χ0n) is 17.9. The van der Waals surface area contributed by atoms with Crippen LogP contribution in [0, 0.1) is 19.7 Å². The first-order valence-electron chi connectivity index (χ1n) is 10.3. The average molecular weight is 416 g/mol. The summed E-state index contributed by atoms with van der Waals surface area (Å²) in [5, 5.41) is 3.65. The van der Waals surface area contributed by atoms with E-state index in [9.17, 15) is 4.79 Å². The fraction of sp³-hybridized carbons (Fsp3) is 0.192. The van der Waals surface area contributed by atoms with Gasteiger partial charge in [0.15, 0.2) is 11.6 Å². The number of fused-ring (bicyclic) bond motifs is 1. The van der Waals surface area contributed by atoms with E-state index in [1.165, 1.54) is 6.92 Å². The molecule has 0 atom stereocenters. The molecule has 0 aliphatic heterocycles. The van der Waals surface area contributed by atoms with Crippen LogP contribution in [0.15, 0.2) is 60.7 Å². The van der Waals surface area contributed by atoms with Crippen LogP contribution in [0.3, 0.4) is 0 Å². The number of aromatic nitrogens is 1. The van der Waals surface area contributed by atoms with Crippen molar-refractivity contribution in [1.82, 2.24) is 10.3 Å². The summed E-state index contributed by atoms with van der Waals surface area (Å²) < 4.78 is 21.2. The van der Waals surface area contributed by atoms with E-state index in [4.69, 9.17) is 4.74 Å². The fourth-order valence-corrected chi connectivity index (χ4v) is 3.94. The molecular weight excluding hydrogens is 391 g/mol. The number of carbonyl (C=O) groups is 1. The van der Waals surface area contributed by atoms with Crippen molar-refractivity contribution in [2.45, 2.75) is 27.2 Å². The van der Waals surface area contributed by atoms with E-state index in [1.54, 1.807) is 6.07 Å². The van der Waals surface area contributed by atoms with Crippen molar-refractivity contribution in [3.63, 3.8) is 0 Å². The first-order chi connectivity index (χ1) is 14.9. The van der Waals surface area contributed by atoms with Gasteiger partial charge in [0.25, 0.3) is 0 Å². The van der Waals surface area contributed by atoms with Gasteiger partial charge in [-0.3, -0.25) is 4.79 Å². The van der Waals surface area contributed by atoms with Gasteiger partial charge in [-0.15, -0.1) is 0 Å². The predicted octanol–water partition coefficient (Wildman–Crippen LogP) is 6.06. The highest BCUT2D eigenvalue weighted by molar-refractivity contribution is 5.90. The summed E-state index contributed by atoms with van der Waals surface area (Å²) in [6.07, 6.45) is 0.632. The molecule has 5 heteroatoms. The van der Waals surface area contributed by atoms with Gasteiger partial charge in [0.05, 0.1) is 5.52 Å². The number of hydrogen-bond donors (Lipinski definition) is 2. The largest absolute Gasteiger partial charge is 0.454 e. The summed E-state index contributed by atoms with van der Waals surface area (Å²) >= 11 is 0. The molecular formula is C26H25FN2O2. The van der Waals surface area contributed by atoms with E-state index in [2.05, 4.69) is 10.3 Å². The molecule has 0 spiro atoms. The molecule has 4 aromatic rings. The number of rotatable bonds is 6. The number of nitrogens with one attached hydrogen (secondary N) is 2. The van der Waals surface area contributed by atoms with Gasteiger partial charge in [0.2, 0.25) is 5.91 Å². The highest BCUT2D eigenvalue weighted by Gasteiger charge is 2.19. The van der Waals surface area contributed by atoms with Gasteiger partial charge < -0.3 is 15.0 Å². The second kappa shape index (κ2) is 8.64. The Morgan fingerprint density at radius 2 is 1.71 bits per heavy atom. The summed E-state index contributed by atoms with van der Waals surface area (Å²) in [6, 6.07) is 19.4. The van der Waals surface area contributed by atoms with E-state index in [0.717, 1.165) is 33.3 Å². The Morgan fingerprint density at radius 1 is 1.03 bits per heavy atom. The Balaban J connectivity index is 1.61. The third-order valence-corrected chi connectivity index (χ3v) is 5.43. The second-order valence-electron chi connectivity index (χ2n) is 7.71. The summed E-state index contributed by atoms with van der Waals surface area (Å²) in [5.41, 5.74) is 5.46. The van der Waals surface area contributed by atoms with E-state index in [0.29, 0.717) is 24.2 Å². The zero-order chi connectivity index (χ0) is 22.0. The van der Waals surface area contributed by atoms with Crippen molar-refractivity contribution in [3.8, 4) is 22.6 Å². The van der Waals surface area contributed by atoms with Gasteiger partial charge >= 0.3 is 0 Å². The van der Waals surface area contributed by atoms with Crippen LogP contribution in [0.25, 0.3) is 22.0 Å². The Labute approximate surface area is 181 Å². The van der Waals surface area contributed by atoms with E-state index in [-0.39, 0.29) is 11.7 Å². The van der Waals surface area contributed by atoms with Crippen LogP contribution in [-0.2, 0) is 11.2 Å². The fourth-order valence-electron chi connectivity index (χ4n) is 3.94. The van der Waals surface area contributed by atoms with Crippen molar-refractivity contribution < 1.29 is 13.9 Å². The number of aryl methyl sites for hydroxylation is 2. The van der Waals surface area contributed by atoms with Crippen LogP contribution >= 0.6 is 0 Å². The number of ether oxygens (including phenoxy) is 1. The molecule has 0 radical (unpaired) electrons. The molecule has 1 aromatic heterocycles. The summed E-state index contributed by atoms with van der Waals surface area (Å²) in [5.74, 6) is 0.273. The lowest BCUT2D eigenvalue weighted by Crippen LogP contribution is -2.22. The van der Waals surface area contributed by atoms with E-state index in [1.807, 2.05) is 68.4 Å². The topological polar surface area (TPSA) is 54.1 Å². The molecule has 0 fully saturated rings. The molecule has 158 valence electrons. The average Bonchev–Trinajstić information content (AvgIpc) is 3.10. The Kier molecular flexibility index (Phi) is 5.76. The molecule has 3 aromatic carbocycles. The maximum atomic E-state index is 15.3. The minimum absolute atomic E-state index is 0.0747. The van der Waals surface area contributed by atoms with Crippen LogP contribution in [-0.4, -0.2) is 17.4 Å². The maximum absolute atomic E-state index is 15.3. The maximum Gasteiger partial charge on any atom is 0.216 e. The molecule has 0 aliphatic rings. The molecule has 0 aliphatic carbocycles. The van der Waals surface area contributed by atoms with Crippen molar-refractivity contribution in [2.75, 3.05) is 6.54 Å². The number of amides is 1. The first-order valence-corrected chi connectivity index (χ1v) is 10.3. The first kappa shape index (κ1) is 20.7. The molecule has 1 amide bonds. The smallest absolute Gasteiger partial charge is 0.216 e. The molecule has 0 saturated carbocycles. The molecule has 1 heterocycles. The van der Waals surface area contributed by atoms with Gasteiger partial charge in [-0.05, 0) is 60.7 Å². The highest BCUT2D eigenvalue weighted by atomic mass is 19.1. The van der Waals surface area contributed by atoms with E-state index >= 15 is 4.39 Å². The lowest BCUT2D eigenvalue weighted by atomic mass is 10.0. The van der Waals surface area contributed by atoms with Crippen LogP contribution in [0.2, 0.25) is 0 Å². The Hall–Kier alpha value is -3.60. The number of carbonyl (C=O) groups excluding carboxylic acids is 1. The van der Waals surface area contributed by atoms with Crippen LogP contribution in [0.4, 0.5) is 4.39 Å². The second-order valence-corrected chi connectivity index (χ2v) is 7.71. The van der Waals surface area contributed by atoms with Gasteiger partial charge in [-0.25, -0.2) is 4.39 Å². The third-order valence-electron chi connectivity index (χ3n) is 5.43. The van der Waals surface area contributed by atoms with Crippen LogP contribution in [0.1, 0.15) is 23.7 Å². The number of H-pyrrole nitrogens is 1. The molecule has 31 heavy (non-hydrogen) atoms. The van der Waals surface area contributed by atoms with Crippen molar-refractivity contribution in [1.29, 1.82) is 0 Å². The lowest BCUT2D eigenvalue weighted by molar-refractivity contribution is -0.118. The van der Waals surface area contributed by atoms with Crippen molar-refractivity contribution >= 4 is 16.8 Å². The quantitative estimate of drug-likeness (QED) is 0.401. The molecule has 0 unspecified atom stereocenters. The number of aromatic amines is 1. The molecule has 2 N–H and O–H groups in total. The minimum Gasteiger partial charge on any atom is -0.454 e. The third kappa shape index (κ3) is 4.31. The van der Waals surface area contributed by atoms with Crippen molar-refractivity contribution in [3.05, 3.63) is 83.3 Å². The molecule has 4 rings (SSSR count). The number of halogens is 1. The molecule has 0 saturated heterocycles. The molecule has 0 bridgehead atoms. The lowest BCUT2D eigenvalue weighted by Gasteiger charge is -2.11. The normalized spacial score (nSPS) is 11.0. The summed E-state index contributed by atoms with van der Waals surface area (Å²) in [7, 11) is 0.